The van der Waals surface area contributed by atoms with E-state index in [1.165, 1.54) is 0 Å². The standard InChI is InChI=1S/C27H26N2O2/c1-19-13-15-23(16-14-19)29-25(30)18-27(29,21(3)17-22-10-5-4-6-11-22)26(31)28-24-12-8-7-9-20(24)2/h4-17H,18H2,1-3H3,(H,28,31)/b21-17+/t27-/m1/s1. The van der Waals surface area contributed by atoms with Crippen molar-refractivity contribution < 1.29 is 9.59 Å². The Bertz CT molecular complexity index is 1150. The molecule has 1 N–H and O–H groups in total. The minimum atomic E-state index is -1.08. The van der Waals surface area contributed by atoms with Crippen LogP contribution in [0.4, 0.5) is 11.4 Å². The molecule has 3 aromatic carbocycles. The largest absolute Gasteiger partial charge is 0.323 e. The van der Waals surface area contributed by atoms with Gasteiger partial charge in [-0.25, -0.2) is 0 Å². The van der Waals surface area contributed by atoms with Gasteiger partial charge in [-0.15, -0.1) is 0 Å². The van der Waals surface area contributed by atoms with Gasteiger partial charge in [0.15, 0.2) is 5.54 Å². The summed E-state index contributed by atoms with van der Waals surface area (Å²) in [6, 6.07) is 25.3. The third-order valence-corrected chi connectivity index (χ3v) is 5.93. The van der Waals surface area contributed by atoms with Crippen LogP contribution in [-0.2, 0) is 9.59 Å². The number of amides is 2. The zero-order valence-electron chi connectivity index (χ0n) is 18.1. The summed E-state index contributed by atoms with van der Waals surface area (Å²) >= 11 is 0. The van der Waals surface area contributed by atoms with Gasteiger partial charge in [0.05, 0.1) is 6.42 Å². The first-order chi connectivity index (χ1) is 14.9. The Morgan fingerprint density at radius 3 is 2.23 bits per heavy atom. The molecular weight excluding hydrogens is 384 g/mol. The number of nitrogens with one attached hydrogen (secondary N) is 1. The second-order valence-electron chi connectivity index (χ2n) is 8.11. The van der Waals surface area contributed by atoms with Crippen molar-refractivity contribution in [1.82, 2.24) is 0 Å². The van der Waals surface area contributed by atoms with Crippen molar-refractivity contribution in [3.05, 3.63) is 101 Å². The summed E-state index contributed by atoms with van der Waals surface area (Å²) in [6.45, 7) is 5.89. The topological polar surface area (TPSA) is 49.4 Å². The first-order valence-electron chi connectivity index (χ1n) is 10.4. The lowest BCUT2D eigenvalue weighted by Crippen LogP contribution is -2.70. The summed E-state index contributed by atoms with van der Waals surface area (Å²) in [5.41, 5.74) is 4.29. The van der Waals surface area contributed by atoms with E-state index in [4.69, 9.17) is 0 Å². The van der Waals surface area contributed by atoms with Crippen LogP contribution < -0.4 is 10.2 Å². The number of nitrogens with zero attached hydrogens (tertiary/aromatic N) is 1. The zero-order valence-corrected chi connectivity index (χ0v) is 18.1. The molecule has 156 valence electrons. The molecule has 4 heteroatoms. The van der Waals surface area contributed by atoms with Gasteiger partial charge in [0.2, 0.25) is 5.91 Å². The molecule has 2 amide bonds. The third-order valence-electron chi connectivity index (χ3n) is 5.93. The highest BCUT2D eigenvalue weighted by Gasteiger charge is 2.58. The fourth-order valence-corrected chi connectivity index (χ4v) is 4.09. The summed E-state index contributed by atoms with van der Waals surface area (Å²) < 4.78 is 0. The van der Waals surface area contributed by atoms with Gasteiger partial charge in [-0.2, -0.15) is 0 Å². The highest BCUT2D eigenvalue weighted by atomic mass is 16.2. The summed E-state index contributed by atoms with van der Waals surface area (Å²) in [4.78, 5) is 28.2. The Kier molecular flexibility index (Phi) is 5.47. The summed E-state index contributed by atoms with van der Waals surface area (Å²) in [6.07, 6.45) is 2.12. The van der Waals surface area contributed by atoms with Crippen molar-refractivity contribution >= 4 is 29.3 Å². The Hall–Kier alpha value is -3.66. The minimum Gasteiger partial charge on any atom is -0.323 e. The van der Waals surface area contributed by atoms with Crippen molar-refractivity contribution in [2.75, 3.05) is 10.2 Å². The molecule has 0 spiro atoms. The van der Waals surface area contributed by atoms with Crippen molar-refractivity contribution in [2.45, 2.75) is 32.7 Å². The molecule has 4 rings (SSSR count). The lowest BCUT2D eigenvalue weighted by Gasteiger charge is -2.51. The molecule has 1 fully saturated rings. The molecule has 1 atom stereocenters. The van der Waals surface area contributed by atoms with Gasteiger partial charge in [-0.3, -0.25) is 14.5 Å². The minimum absolute atomic E-state index is 0.0652. The summed E-state index contributed by atoms with van der Waals surface area (Å²) in [7, 11) is 0. The van der Waals surface area contributed by atoms with Gasteiger partial charge in [-0.05, 0) is 55.7 Å². The van der Waals surface area contributed by atoms with Crippen molar-refractivity contribution in [3.63, 3.8) is 0 Å². The number of hydrogen-bond acceptors (Lipinski definition) is 2. The van der Waals surface area contributed by atoms with Gasteiger partial charge in [0.1, 0.15) is 0 Å². The molecule has 31 heavy (non-hydrogen) atoms. The van der Waals surface area contributed by atoms with Crippen LogP contribution in [-0.4, -0.2) is 17.4 Å². The Labute approximate surface area is 183 Å². The average molecular weight is 411 g/mol. The zero-order chi connectivity index (χ0) is 22.0. The van der Waals surface area contributed by atoms with E-state index in [2.05, 4.69) is 5.32 Å². The lowest BCUT2D eigenvalue weighted by molar-refractivity contribution is -0.135. The lowest BCUT2D eigenvalue weighted by atomic mass is 9.75. The van der Waals surface area contributed by atoms with Gasteiger partial charge in [0.25, 0.3) is 5.91 Å². The number of hydrogen-bond donors (Lipinski definition) is 1. The fraction of sp³-hybridized carbons (Fsp3) is 0.185. The predicted octanol–water partition coefficient (Wildman–Crippen LogP) is 5.52. The highest BCUT2D eigenvalue weighted by molar-refractivity contribution is 6.19. The van der Waals surface area contributed by atoms with Crippen LogP contribution in [0.2, 0.25) is 0 Å². The van der Waals surface area contributed by atoms with E-state index in [0.717, 1.165) is 33.6 Å². The first-order valence-corrected chi connectivity index (χ1v) is 10.4. The van der Waals surface area contributed by atoms with Crippen molar-refractivity contribution in [1.29, 1.82) is 0 Å². The Balaban J connectivity index is 1.79. The molecule has 0 aliphatic carbocycles. The van der Waals surface area contributed by atoms with Crippen LogP contribution >= 0.6 is 0 Å². The molecule has 0 radical (unpaired) electrons. The van der Waals surface area contributed by atoms with E-state index in [9.17, 15) is 9.59 Å². The highest BCUT2D eigenvalue weighted by Crippen LogP contribution is 2.43. The first kappa shape index (κ1) is 20.6. The van der Waals surface area contributed by atoms with Crippen LogP contribution in [0.25, 0.3) is 6.08 Å². The van der Waals surface area contributed by atoms with Crippen LogP contribution in [0.3, 0.4) is 0 Å². The molecule has 1 saturated heterocycles. The van der Waals surface area contributed by atoms with E-state index in [0.29, 0.717) is 0 Å². The molecule has 0 bridgehead atoms. The molecule has 1 heterocycles. The van der Waals surface area contributed by atoms with E-state index in [1.54, 1.807) is 4.90 Å². The van der Waals surface area contributed by atoms with Crippen LogP contribution in [0.1, 0.15) is 30.0 Å². The van der Waals surface area contributed by atoms with Gasteiger partial charge >= 0.3 is 0 Å². The molecule has 4 nitrogen and oxygen atoms in total. The smallest absolute Gasteiger partial charge is 0.255 e. The van der Waals surface area contributed by atoms with E-state index >= 15 is 0 Å². The van der Waals surface area contributed by atoms with E-state index < -0.39 is 5.54 Å². The summed E-state index contributed by atoms with van der Waals surface area (Å²) in [5.74, 6) is -0.267. The quantitative estimate of drug-likeness (QED) is 0.563. The molecule has 0 saturated carbocycles. The molecule has 0 unspecified atom stereocenters. The van der Waals surface area contributed by atoms with E-state index in [1.807, 2.05) is 106 Å². The molecule has 0 aromatic heterocycles. The molecular formula is C27H26N2O2. The van der Waals surface area contributed by atoms with E-state index in [-0.39, 0.29) is 18.2 Å². The molecule has 3 aromatic rings. The number of carbonyl (C=O) groups is 2. The summed E-state index contributed by atoms with van der Waals surface area (Å²) in [5, 5.41) is 3.08. The number of carbonyl (C=O) groups excluding carboxylic acids is 2. The maximum absolute atomic E-state index is 13.8. The number of para-hydroxylation sites is 1. The number of benzene rings is 3. The number of β-lactam (4-membered cyclic amide) rings is 1. The maximum atomic E-state index is 13.8. The third kappa shape index (κ3) is 3.77. The molecule has 1 aliphatic heterocycles. The van der Waals surface area contributed by atoms with Crippen molar-refractivity contribution in [2.24, 2.45) is 0 Å². The van der Waals surface area contributed by atoms with Gasteiger partial charge in [0, 0.05) is 11.4 Å². The van der Waals surface area contributed by atoms with Gasteiger partial charge < -0.3 is 5.32 Å². The monoisotopic (exact) mass is 410 g/mol. The van der Waals surface area contributed by atoms with Gasteiger partial charge in [-0.1, -0.05) is 72.3 Å². The average Bonchev–Trinajstić information content (AvgIpc) is 2.75. The SMILES string of the molecule is C/C(=C\c1ccccc1)[C@@]1(C(=O)Nc2ccccc2C)CC(=O)N1c1ccc(C)cc1. The van der Waals surface area contributed by atoms with Crippen LogP contribution in [0, 0.1) is 13.8 Å². The molecule has 1 aliphatic rings. The number of anilines is 2. The number of aryl methyl sites for hydroxylation is 2. The van der Waals surface area contributed by atoms with Crippen LogP contribution in [0.15, 0.2) is 84.4 Å². The van der Waals surface area contributed by atoms with Crippen LogP contribution in [0.5, 0.6) is 0 Å². The fourth-order valence-electron chi connectivity index (χ4n) is 4.09. The maximum Gasteiger partial charge on any atom is 0.255 e. The second-order valence-corrected chi connectivity index (χ2v) is 8.11. The number of rotatable bonds is 5. The predicted molar refractivity (Wildman–Crippen MR) is 126 cm³/mol. The normalized spacial score (nSPS) is 18.5. The Morgan fingerprint density at radius 2 is 1.58 bits per heavy atom. The Morgan fingerprint density at radius 1 is 0.935 bits per heavy atom. The van der Waals surface area contributed by atoms with Crippen molar-refractivity contribution in [3.8, 4) is 0 Å². The second kappa shape index (κ2) is 8.23.